The van der Waals surface area contributed by atoms with Gasteiger partial charge in [0.15, 0.2) is 5.11 Å². The van der Waals surface area contributed by atoms with Gasteiger partial charge in [-0.05, 0) is 61.1 Å². The summed E-state index contributed by atoms with van der Waals surface area (Å²) in [5.41, 5.74) is 2.04. The summed E-state index contributed by atoms with van der Waals surface area (Å²) < 4.78 is 10.7. The van der Waals surface area contributed by atoms with Crippen LogP contribution in [0, 0.1) is 0 Å². The Kier molecular flexibility index (Phi) is 8.14. The van der Waals surface area contributed by atoms with E-state index in [0.717, 1.165) is 11.3 Å². The van der Waals surface area contributed by atoms with Crippen LogP contribution in [0.4, 0.5) is 5.69 Å². The summed E-state index contributed by atoms with van der Waals surface area (Å²) in [4.78, 5) is 26.5. The van der Waals surface area contributed by atoms with Crippen LogP contribution in [0.15, 0.2) is 54.6 Å². The van der Waals surface area contributed by atoms with Crippen LogP contribution in [0.1, 0.15) is 22.8 Å². The van der Waals surface area contributed by atoms with Gasteiger partial charge in [0.2, 0.25) is 5.91 Å². The Hall–Kier alpha value is -3.23. The molecule has 162 valence electrons. The third kappa shape index (κ3) is 6.91. The number of hydrogen-bond acceptors (Lipinski definition) is 5. The molecule has 1 heterocycles. The van der Waals surface area contributed by atoms with Gasteiger partial charge in [0.25, 0.3) is 5.91 Å². The molecule has 0 unspecified atom stereocenters. The predicted octanol–water partition coefficient (Wildman–Crippen LogP) is 3.08. The molecule has 2 amide bonds. The molecule has 1 aliphatic heterocycles. The van der Waals surface area contributed by atoms with Gasteiger partial charge in [-0.1, -0.05) is 18.2 Å². The van der Waals surface area contributed by atoms with E-state index >= 15 is 0 Å². The van der Waals surface area contributed by atoms with E-state index in [4.69, 9.17) is 21.7 Å². The van der Waals surface area contributed by atoms with E-state index in [0.29, 0.717) is 44.2 Å². The van der Waals surface area contributed by atoms with Gasteiger partial charge in [-0.2, -0.15) is 0 Å². The predicted molar refractivity (Wildman–Crippen MR) is 124 cm³/mol. The number of ether oxygens (including phenoxy) is 2. The number of nitrogens with zero attached hydrogens (tertiary/aromatic N) is 1. The van der Waals surface area contributed by atoms with Crippen molar-refractivity contribution >= 4 is 40.9 Å². The van der Waals surface area contributed by atoms with Gasteiger partial charge in [-0.3, -0.25) is 14.9 Å². The summed E-state index contributed by atoms with van der Waals surface area (Å²) in [6, 6.07) is 14.4. The highest BCUT2D eigenvalue weighted by Crippen LogP contribution is 2.14. The molecule has 0 aliphatic carbocycles. The molecule has 0 radical (unpaired) electrons. The molecule has 7 nitrogen and oxygen atoms in total. The van der Waals surface area contributed by atoms with Crippen LogP contribution in [0.25, 0.3) is 6.08 Å². The number of anilines is 1. The highest BCUT2D eigenvalue weighted by atomic mass is 32.1. The maximum absolute atomic E-state index is 12.6. The fraction of sp³-hybridized carbons (Fsp3) is 0.261. The number of carbonyl (C=O) groups is 2. The van der Waals surface area contributed by atoms with Crippen molar-refractivity contribution in [2.45, 2.75) is 6.92 Å². The standard InChI is InChI=1S/C23H25N3O4S/c1-2-30-20-9-6-17(7-10-20)8-11-21(27)25-23(31)24-19-5-3-4-18(16-19)22(28)26-12-14-29-15-13-26/h3-11,16H,2,12-15H2,1H3,(H2,24,25,27,31)/b11-8+. The van der Waals surface area contributed by atoms with Crippen molar-refractivity contribution in [2.24, 2.45) is 0 Å². The minimum atomic E-state index is -0.355. The van der Waals surface area contributed by atoms with Crippen molar-refractivity contribution in [1.29, 1.82) is 0 Å². The lowest BCUT2D eigenvalue weighted by atomic mass is 10.1. The first-order valence-electron chi connectivity index (χ1n) is 10.0. The fourth-order valence-corrected chi connectivity index (χ4v) is 3.23. The van der Waals surface area contributed by atoms with E-state index in [2.05, 4.69) is 10.6 Å². The number of carbonyl (C=O) groups excluding carboxylic acids is 2. The Morgan fingerprint density at radius 1 is 1.16 bits per heavy atom. The molecule has 0 saturated carbocycles. The molecule has 1 fully saturated rings. The Morgan fingerprint density at radius 3 is 2.61 bits per heavy atom. The molecule has 1 aliphatic rings. The molecular weight excluding hydrogens is 414 g/mol. The van der Waals surface area contributed by atoms with Crippen LogP contribution < -0.4 is 15.4 Å². The van der Waals surface area contributed by atoms with Crippen LogP contribution in [-0.2, 0) is 9.53 Å². The number of thiocarbonyl (C=S) groups is 1. The zero-order valence-electron chi connectivity index (χ0n) is 17.3. The van der Waals surface area contributed by atoms with Gasteiger partial charge in [0.1, 0.15) is 5.75 Å². The lowest BCUT2D eigenvalue weighted by molar-refractivity contribution is -0.115. The fourth-order valence-electron chi connectivity index (χ4n) is 3.01. The van der Waals surface area contributed by atoms with Crippen molar-refractivity contribution < 1.29 is 19.1 Å². The SMILES string of the molecule is CCOc1ccc(/C=C/C(=O)NC(=S)Nc2cccc(C(=O)N3CCOCC3)c2)cc1. The first kappa shape index (κ1) is 22.5. The molecule has 2 N–H and O–H groups in total. The first-order chi connectivity index (χ1) is 15.0. The van der Waals surface area contributed by atoms with Gasteiger partial charge in [-0.15, -0.1) is 0 Å². The second-order valence-electron chi connectivity index (χ2n) is 6.76. The molecule has 3 rings (SSSR count). The summed E-state index contributed by atoms with van der Waals surface area (Å²) in [5, 5.41) is 5.70. The van der Waals surface area contributed by atoms with E-state index in [1.807, 2.05) is 31.2 Å². The molecule has 0 aromatic heterocycles. The van der Waals surface area contributed by atoms with Gasteiger partial charge in [-0.25, -0.2) is 0 Å². The smallest absolute Gasteiger partial charge is 0.254 e. The topological polar surface area (TPSA) is 79.9 Å². The molecule has 2 aromatic rings. The highest BCUT2D eigenvalue weighted by molar-refractivity contribution is 7.80. The van der Waals surface area contributed by atoms with Crippen LogP contribution >= 0.6 is 12.2 Å². The molecule has 1 saturated heterocycles. The second kappa shape index (κ2) is 11.2. The Morgan fingerprint density at radius 2 is 1.90 bits per heavy atom. The molecule has 0 spiro atoms. The third-order valence-corrected chi connectivity index (χ3v) is 4.72. The molecule has 0 atom stereocenters. The van der Waals surface area contributed by atoms with Crippen molar-refractivity contribution in [2.75, 3.05) is 38.2 Å². The van der Waals surface area contributed by atoms with Crippen LogP contribution in [0.3, 0.4) is 0 Å². The van der Waals surface area contributed by atoms with Crippen LogP contribution in [0.2, 0.25) is 0 Å². The summed E-state index contributed by atoms with van der Waals surface area (Å²) in [5.74, 6) is 0.371. The number of morpholine rings is 1. The molecule has 2 aromatic carbocycles. The quantitative estimate of drug-likeness (QED) is 0.532. The number of benzene rings is 2. The van der Waals surface area contributed by atoms with E-state index in [-0.39, 0.29) is 16.9 Å². The number of hydrogen-bond donors (Lipinski definition) is 2. The first-order valence-corrected chi connectivity index (χ1v) is 10.5. The lowest BCUT2D eigenvalue weighted by Gasteiger charge is -2.27. The van der Waals surface area contributed by atoms with Gasteiger partial charge < -0.3 is 19.7 Å². The van der Waals surface area contributed by atoms with Gasteiger partial charge in [0.05, 0.1) is 19.8 Å². The minimum absolute atomic E-state index is 0.0554. The summed E-state index contributed by atoms with van der Waals surface area (Å²) in [6.07, 6.45) is 3.09. The van der Waals surface area contributed by atoms with E-state index < -0.39 is 0 Å². The van der Waals surface area contributed by atoms with E-state index in [1.54, 1.807) is 35.2 Å². The minimum Gasteiger partial charge on any atom is -0.494 e. The summed E-state index contributed by atoms with van der Waals surface area (Å²) in [7, 11) is 0. The molecular formula is C23H25N3O4S. The van der Waals surface area contributed by atoms with Crippen LogP contribution in [-0.4, -0.2) is 54.7 Å². The number of amides is 2. The second-order valence-corrected chi connectivity index (χ2v) is 7.17. The van der Waals surface area contributed by atoms with Crippen molar-refractivity contribution in [1.82, 2.24) is 10.2 Å². The lowest BCUT2D eigenvalue weighted by Crippen LogP contribution is -2.40. The Bertz CT molecular complexity index is 954. The van der Waals surface area contributed by atoms with Gasteiger partial charge >= 0.3 is 0 Å². The van der Waals surface area contributed by atoms with E-state index in [9.17, 15) is 9.59 Å². The average Bonchev–Trinajstić information content (AvgIpc) is 2.79. The summed E-state index contributed by atoms with van der Waals surface area (Å²) in [6.45, 7) is 4.77. The van der Waals surface area contributed by atoms with Crippen molar-refractivity contribution in [3.05, 3.63) is 65.7 Å². The number of rotatable bonds is 6. The Balaban J connectivity index is 1.52. The summed E-state index contributed by atoms with van der Waals surface area (Å²) >= 11 is 5.22. The average molecular weight is 440 g/mol. The third-order valence-electron chi connectivity index (χ3n) is 4.52. The maximum Gasteiger partial charge on any atom is 0.254 e. The zero-order chi connectivity index (χ0) is 22.1. The molecule has 0 bridgehead atoms. The van der Waals surface area contributed by atoms with Crippen molar-refractivity contribution in [3.8, 4) is 5.75 Å². The van der Waals surface area contributed by atoms with E-state index in [1.165, 1.54) is 6.08 Å². The number of nitrogens with one attached hydrogen (secondary N) is 2. The molecule has 8 heteroatoms. The normalized spacial score (nSPS) is 13.6. The highest BCUT2D eigenvalue weighted by Gasteiger charge is 2.18. The zero-order valence-corrected chi connectivity index (χ0v) is 18.1. The van der Waals surface area contributed by atoms with Gasteiger partial charge in [0, 0.05) is 30.4 Å². The Labute approximate surface area is 187 Å². The monoisotopic (exact) mass is 439 g/mol. The largest absolute Gasteiger partial charge is 0.494 e. The molecule has 31 heavy (non-hydrogen) atoms. The van der Waals surface area contributed by atoms with Crippen molar-refractivity contribution in [3.63, 3.8) is 0 Å². The van der Waals surface area contributed by atoms with Crippen LogP contribution in [0.5, 0.6) is 5.75 Å². The maximum atomic E-state index is 12.6.